The molecule has 1 heterocycles. The van der Waals surface area contributed by atoms with Gasteiger partial charge in [-0.05, 0) is 68.1 Å². The standard InChI is InChI=1S/C25H28ClN3O3/c1-28(31)25(30)9-7-5-3-4-6-8-21-18-24(19-10-12-20(26)13-11-19)29(27-21)22-14-16-23(32-2)17-15-22/h3-4,10-18,31H,5-9H2,1-2H3/b4-3-. The third-order valence-corrected chi connectivity index (χ3v) is 5.33. The van der Waals surface area contributed by atoms with E-state index in [4.69, 9.17) is 26.6 Å². The highest BCUT2D eigenvalue weighted by molar-refractivity contribution is 6.30. The summed E-state index contributed by atoms with van der Waals surface area (Å²) in [7, 11) is 3.00. The van der Waals surface area contributed by atoms with Crippen molar-refractivity contribution >= 4 is 17.5 Å². The number of benzene rings is 2. The molecule has 32 heavy (non-hydrogen) atoms. The first-order chi connectivity index (χ1) is 15.5. The van der Waals surface area contributed by atoms with E-state index in [2.05, 4.69) is 18.2 Å². The molecular weight excluding hydrogens is 426 g/mol. The Morgan fingerprint density at radius 1 is 1.12 bits per heavy atom. The number of carbonyl (C=O) groups excluding carboxylic acids is 1. The van der Waals surface area contributed by atoms with Crippen LogP contribution in [-0.2, 0) is 11.2 Å². The van der Waals surface area contributed by atoms with E-state index in [9.17, 15) is 4.79 Å². The number of nitrogens with zero attached hydrogens (tertiary/aromatic N) is 3. The van der Waals surface area contributed by atoms with Gasteiger partial charge < -0.3 is 4.74 Å². The zero-order chi connectivity index (χ0) is 22.9. The fraction of sp³-hybridized carbons (Fsp3) is 0.280. The maximum absolute atomic E-state index is 11.4. The number of unbranched alkanes of at least 4 members (excludes halogenated alkanes) is 1. The fourth-order valence-electron chi connectivity index (χ4n) is 3.30. The van der Waals surface area contributed by atoms with Crippen LogP contribution in [-0.4, -0.2) is 40.1 Å². The molecule has 3 rings (SSSR count). The first kappa shape index (κ1) is 23.6. The van der Waals surface area contributed by atoms with Gasteiger partial charge in [-0.1, -0.05) is 35.9 Å². The number of aromatic nitrogens is 2. The van der Waals surface area contributed by atoms with Crippen molar-refractivity contribution < 1.29 is 14.7 Å². The maximum atomic E-state index is 11.4. The average Bonchev–Trinajstić information content (AvgIpc) is 3.23. The van der Waals surface area contributed by atoms with E-state index in [1.165, 1.54) is 7.05 Å². The van der Waals surface area contributed by atoms with Crippen LogP contribution in [0.1, 0.15) is 31.4 Å². The van der Waals surface area contributed by atoms with Crippen LogP contribution in [0.2, 0.25) is 5.02 Å². The Morgan fingerprint density at radius 2 is 1.81 bits per heavy atom. The molecule has 0 aliphatic carbocycles. The van der Waals surface area contributed by atoms with Crippen molar-refractivity contribution in [1.29, 1.82) is 0 Å². The number of carbonyl (C=O) groups is 1. The summed E-state index contributed by atoms with van der Waals surface area (Å²) in [5, 5.41) is 15.2. The first-order valence-corrected chi connectivity index (χ1v) is 11.0. The van der Waals surface area contributed by atoms with Gasteiger partial charge in [-0.3, -0.25) is 10.0 Å². The summed E-state index contributed by atoms with van der Waals surface area (Å²) in [6.07, 6.45) is 7.70. The van der Waals surface area contributed by atoms with E-state index in [0.717, 1.165) is 47.7 Å². The van der Waals surface area contributed by atoms with Crippen molar-refractivity contribution in [2.75, 3.05) is 14.2 Å². The Morgan fingerprint density at radius 3 is 2.47 bits per heavy atom. The van der Waals surface area contributed by atoms with Gasteiger partial charge in [0.15, 0.2) is 0 Å². The van der Waals surface area contributed by atoms with Gasteiger partial charge in [0.25, 0.3) is 0 Å². The second kappa shape index (κ2) is 11.5. The highest BCUT2D eigenvalue weighted by atomic mass is 35.5. The topological polar surface area (TPSA) is 67.6 Å². The first-order valence-electron chi connectivity index (χ1n) is 10.6. The van der Waals surface area contributed by atoms with Crippen molar-refractivity contribution in [3.8, 4) is 22.7 Å². The number of methoxy groups -OCH3 is 1. The molecule has 0 fully saturated rings. The molecule has 168 valence electrons. The lowest BCUT2D eigenvalue weighted by Crippen LogP contribution is -2.21. The van der Waals surface area contributed by atoms with Gasteiger partial charge in [0.05, 0.1) is 24.2 Å². The summed E-state index contributed by atoms with van der Waals surface area (Å²) in [5.41, 5.74) is 3.99. The molecule has 0 spiro atoms. The largest absolute Gasteiger partial charge is 0.497 e. The van der Waals surface area contributed by atoms with Crippen molar-refractivity contribution in [1.82, 2.24) is 14.8 Å². The zero-order valence-electron chi connectivity index (χ0n) is 18.4. The van der Waals surface area contributed by atoms with E-state index in [1.54, 1.807) is 7.11 Å². The summed E-state index contributed by atoms with van der Waals surface area (Å²) in [6, 6.07) is 17.7. The predicted molar refractivity (Wildman–Crippen MR) is 126 cm³/mol. The van der Waals surface area contributed by atoms with Crippen molar-refractivity contribution in [3.05, 3.63) is 77.5 Å². The van der Waals surface area contributed by atoms with Crippen LogP contribution >= 0.6 is 11.6 Å². The lowest BCUT2D eigenvalue weighted by Gasteiger charge is -2.08. The van der Waals surface area contributed by atoms with Gasteiger partial charge in [-0.15, -0.1) is 0 Å². The molecule has 0 saturated heterocycles. The van der Waals surface area contributed by atoms with Gasteiger partial charge in [-0.2, -0.15) is 5.10 Å². The normalized spacial score (nSPS) is 11.1. The van der Waals surface area contributed by atoms with Crippen molar-refractivity contribution in [3.63, 3.8) is 0 Å². The molecule has 0 aliphatic rings. The lowest BCUT2D eigenvalue weighted by atomic mass is 10.1. The smallest absolute Gasteiger partial charge is 0.245 e. The molecule has 1 N–H and O–H groups in total. The molecule has 7 heteroatoms. The minimum atomic E-state index is -0.266. The van der Waals surface area contributed by atoms with E-state index in [-0.39, 0.29) is 5.91 Å². The SMILES string of the molecule is COc1ccc(-n2nc(CC/C=C\CCCC(=O)N(C)O)cc2-c2ccc(Cl)cc2)cc1. The third kappa shape index (κ3) is 6.45. The van der Waals surface area contributed by atoms with E-state index in [0.29, 0.717) is 22.9 Å². The molecule has 0 unspecified atom stereocenters. The van der Waals surface area contributed by atoms with Crippen LogP contribution in [0.5, 0.6) is 5.75 Å². The summed E-state index contributed by atoms with van der Waals surface area (Å²) < 4.78 is 7.21. The van der Waals surface area contributed by atoms with Gasteiger partial charge in [0.1, 0.15) is 5.75 Å². The average molecular weight is 454 g/mol. The van der Waals surface area contributed by atoms with E-state index in [1.807, 2.05) is 53.2 Å². The number of hydrogen-bond donors (Lipinski definition) is 1. The second-order valence-electron chi connectivity index (χ2n) is 7.46. The number of amides is 1. The molecule has 0 bridgehead atoms. The summed E-state index contributed by atoms with van der Waals surface area (Å²) in [5.74, 6) is 0.531. The molecule has 0 aliphatic heterocycles. The van der Waals surface area contributed by atoms with Gasteiger partial charge in [0, 0.05) is 24.1 Å². The molecule has 0 atom stereocenters. The van der Waals surface area contributed by atoms with E-state index < -0.39 is 0 Å². The number of rotatable bonds is 10. The van der Waals surface area contributed by atoms with Gasteiger partial charge >= 0.3 is 0 Å². The summed E-state index contributed by atoms with van der Waals surface area (Å²) in [6.45, 7) is 0. The number of ether oxygens (including phenoxy) is 1. The number of aryl methyl sites for hydroxylation is 1. The minimum Gasteiger partial charge on any atom is -0.497 e. The monoisotopic (exact) mass is 453 g/mol. The fourth-order valence-corrected chi connectivity index (χ4v) is 3.42. The maximum Gasteiger partial charge on any atom is 0.245 e. The molecule has 2 aromatic carbocycles. The molecule has 1 amide bonds. The van der Waals surface area contributed by atoms with E-state index >= 15 is 0 Å². The molecule has 3 aromatic rings. The Bertz CT molecular complexity index is 1040. The summed E-state index contributed by atoms with van der Waals surface area (Å²) in [4.78, 5) is 11.4. The molecule has 1 aromatic heterocycles. The third-order valence-electron chi connectivity index (χ3n) is 5.07. The quantitative estimate of drug-likeness (QED) is 0.185. The summed E-state index contributed by atoms with van der Waals surface area (Å²) >= 11 is 6.07. The predicted octanol–water partition coefficient (Wildman–Crippen LogP) is 5.71. The Balaban J connectivity index is 1.69. The minimum absolute atomic E-state index is 0.266. The van der Waals surface area contributed by atoms with Crippen LogP contribution in [0.4, 0.5) is 0 Å². The number of hydrogen-bond acceptors (Lipinski definition) is 4. The highest BCUT2D eigenvalue weighted by Crippen LogP contribution is 2.27. The highest BCUT2D eigenvalue weighted by Gasteiger charge is 2.12. The van der Waals surface area contributed by atoms with Crippen LogP contribution in [0.15, 0.2) is 66.7 Å². The Hall–Kier alpha value is -3.09. The lowest BCUT2D eigenvalue weighted by molar-refractivity contribution is -0.159. The molecular formula is C25H28ClN3O3. The van der Waals surface area contributed by atoms with Crippen LogP contribution in [0.25, 0.3) is 16.9 Å². The van der Waals surface area contributed by atoms with Crippen LogP contribution < -0.4 is 4.74 Å². The van der Waals surface area contributed by atoms with Crippen molar-refractivity contribution in [2.45, 2.75) is 32.1 Å². The molecule has 6 nitrogen and oxygen atoms in total. The van der Waals surface area contributed by atoms with Crippen LogP contribution in [0, 0.1) is 0 Å². The van der Waals surface area contributed by atoms with Gasteiger partial charge in [-0.25, -0.2) is 9.75 Å². The second-order valence-corrected chi connectivity index (χ2v) is 7.89. The Labute approximate surface area is 193 Å². The zero-order valence-corrected chi connectivity index (χ0v) is 19.1. The van der Waals surface area contributed by atoms with Crippen molar-refractivity contribution in [2.24, 2.45) is 0 Å². The van der Waals surface area contributed by atoms with Gasteiger partial charge in [0.2, 0.25) is 5.91 Å². The number of halogens is 1. The number of allylic oxidation sites excluding steroid dienone is 2. The molecule has 0 saturated carbocycles. The van der Waals surface area contributed by atoms with Crippen LogP contribution in [0.3, 0.4) is 0 Å². The number of hydroxylamine groups is 2. The molecule has 0 radical (unpaired) electrons. The Kier molecular flexibility index (Phi) is 8.48.